The van der Waals surface area contributed by atoms with Crippen LogP contribution in [-0.4, -0.2) is 7.05 Å². The summed E-state index contributed by atoms with van der Waals surface area (Å²) in [5.74, 6) is 0.858. The van der Waals surface area contributed by atoms with Crippen LogP contribution in [0, 0.1) is 6.92 Å². The van der Waals surface area contributed by atoms with Crippen molar-refractivity contribution in [2.75, 3.05) is 7.05 Å². The van der Waals surface area contributed by atoms with Crippen LogP contribution in [0.25, 0.3) is 11.0 Å². The minimum atomic E-state index is -0.0212. The Kier molecular flexibility index (Phi) is 3.94. The molecule has 2 aromatic carbocycles. The lowest BCUT2D eigenvalue weighted by molar-refractivity contribution is 0.491. The molecule has 0 saturated heterocycles. The van der Waals surface area contributed by atoms with Gasteiger partial charge < -0.3 is 9.73 Å². The third kappa shape index (κ3) is 2.80. The van der Waals surface area contributed by atoms with E-state index in [0.29, 0.717) is 5.02 Å². The summed E-state index contributed by atoms with van der Waals surface area (Å²) in [6, 6.07) is 13.6. The van der Waals surface area contributed by atoms with Gasteiger partial charge in [0.2, 0.25) is 0 Å². The van der Waals surface area contributed by atoms with Crippen molar-refractivity contribution in [2.45, 2.75) is 13.0 Å². The van der Waals surface area contributed by atoms with Gasteiger partial charge in [0.25, 0.3) is 0 Å². The Hall–Kier alpha value is -1.48. The molecule has 1 unspecified atom stereocenters. The summed E-state index contributed by atoms with van der Waals surface area (Å²) in [6.45, 7) is 2.00. The summed E-state index contributed by atoms with van der Waals surface area (Å²) < 4.78 is 5.95. The van der Waals surface area contributed by atoms with Crippen LogP contribution in [0.1, 0.15) is 22.9 Å². The molecular formula is C17H15Cl2NO. The van der Waals surface area contributed by atoms with Crippen LogP contribution in [0.2, 0.25) is 10.0 Å². The van der Waals surface area contributed by atoms with Gasteiger partial charge in [0.05, 0.1) is 6.04 Å². The average Bonchev–Trinajstić information content (AvgIpc) is 2.86. The summed E-state index contributed by atoms with van der Waals surface area (Å²) in [4.78, 5) is 0. The number of benzene rings is 2. The van der Waals surface area contributed by atoms with Crippen molar-refractivity contribution in [1.82, 2.24) is 5.32 Å². The Balaban J connectivity index is 2.06. The molecule has 0 aliphatic heterocycles. The van der Waals surface area contributed by atoms with Gasteiger partial charge in [-0.3, -0.25) is 0 Å². The SMILES string of the molecule is CNC(c1ccc(Cl)c(C)c1)c1cc2cc(Cl)ccc2o1. The van der Waals surface area contributed by atoms with Crippen molar-refractivity contribution >= 4 is 34.2 Å². The van der Waals surface area contributed by atoms with Crippen molar-refractivity contribution in [2.24, 2.45) is 0 Å². The maximum atomic E-state index is 6.10. The fraction of sp³-hybridized carbons (Fsp3) is 0.176. The molecule has 3 aromatic rings. The lowest BCUT2D eigenvalue weighted by Gasteiger charge is -2.15. The van der Waals surface area contributed by atoms with Gasteiger partial charge in [0.1, 0.15) is 11.3 Å². The maximum Gasteiger partial charge on any atom is 0.134 e. The number of rotatable bonds is 3. The predicted molar refractivity (Wildman–Crippen MR) is 88.3 cm³/mol. The van der Waals surface area contributed by atoms with Gasteiger partial charge in [0.15, 0.2) is 0 Å². The van der Waals surface area contributed by atoms with Crippen molar-refractivity contribution in [3.63, 3.8) is 0 Å². The normalized spacial score (nSPS) is 12.8. The van der Waals surface area contributed by atoms with E-state index in [-0.39, 0.29) is 6.04 Å². The second-order valence-corrected chi connectivity index (χ2v) is 5.90. The third-order valence-electron chi connectivity index (χ3n) is 3.59. The van der Waals surface area contributed by atoms with Gasteiger partial charge in [-0.25, -0.2) is 0 Å². The smallest absolute Gasteiger partial charge is 0.134 e. The topological polar surface area (TPSA) is 25.2 Å². The van der Waals surface area contributed by atoms with E-state index in [0.717, 1.165) is 32.9 Å². The van der Waals surface area contributed by atoms with Gasteiger partial charge in [-0.15, -0.1) is 0 Å². The van der Waals surface area contributed by atoms with E-state index in [1.54, 1.807) is 0 Å². The number of aryl methyl sites for hydroxylation is 1. The summed E-state index contributed by atoms with van der Waals surface area (Å²) in [5, 5.41) is 5.77. The van der Waals surface area contributed by atoms with E-state index in [1.807, 2.05) is 50.4 Å². The number of nitrogens with one attached hydrogen (secondary N) is 1. The highest BCUT2D eigenvalue weighted by molar-refractivity contribution is 6.31. The monoisotopic (exact) mass is 319 g/mol. The Bertz CT molecular complexity index is 795. The van der Waals surface area contributed by atoms with Crippen LogP contribution in [-0.2, 0) is 0 Å². The fourth-order valence-electron chi connectivity index (χ4n) is 2.50. The zero-order valence-electron chi connectivity index (χ0n) is 11.8. The summed E-state index contributed by atoms with van der Waals surface area (Å²) >= 11 is 12.1. The van der Waals surface area contributed by atoms with Crippen LogP contribution in [0.15, 0.2) is 46.9 Å². The van der Waals surface area contributed by atoms with Crippen LogP contribution >= 0.6 is 23.2 Å². The standard InChI is InChI=1S/C17H15Cl2NO/c1-10-7-11(3-5-14(10)19)17(20-2)16-9-12-8-13(18)4-6-15(12)21-16/h3-9,17,20H,1-2H3. The average molecular weight is 320 g/mol. The van der Waals surface area contributed by atoms with E-state index < -0.39 is 0 Å². The lowest BCUT2D eigenvalue weighted by Crippen LogP contribution is -2.17. The molecule has 3 rings (SSSR count). The molecule has 1 heterocycles. The number of hydrogen-bond donors (Lipinski definition) is 1. The minimum absolute atomic E-state index is 0.0212. The van der Waals surface area contributed by atoms with Crippen LogP contribution in [0.5, 0.6) is 0 Å². The molecule has 0 fully saturated rings. The van der Waals surface area contributed by atoms with Gasteiger partial charge in [0, 0.05) is 15.4 Å². The van der Waals surface area contributed by atoms with Crippen LogP contribution < -0.4 is 5.32 Å². The summed E-state index contributed by atoms with van der Waals surface area (Å²) in [6.07, 6.45) is 0. The van der Waals surface area contributed by atoms with E-state index in [2.05, 4.69) is 11.4 Å². The van der Waals surface area contributed by atoms with Crippen LogP contribution in [0.4, 0.5) is 0 Å². The Morgan fingerprint density at radius 3 is 2.57 bits per heavy atom. The van der Waals surface area contributed by atoms with E-state index in [4.69, 9.17) is 27.6 Å². The van der Waals surface area contributed by atoms with Crippen molar-refractivity contribution < 1.29 is 4.42 Å². The molecule has 21 heavy (non-hydrogen) atoms. The molecule has 0 aliphatic carbocycles. The number of halogens is 2. The fourth-order valence-corrected chi connectivity index (χ4v) is 2.80. The quantitative estimate of drug-likeness (QED) is 0.703. The molecule has 0 saturated carbocycles. The number of furan rings is 1. The first-order valence-corrected chi connectivity index (χ1v) is 7.46. The van der Waals surface area contributed by atoms with Crippen LogP contribution in [0.3, 0.4) is 0 Å². The van der Waals surface area contributed by atoms with Gasteiger partial charge >= 0.3 is 0 Å². The molecule has 108 valence electrons. The van der Waals surface area contributed by atoms with Crippen molar-refractivity contribution in [1.29, 1.82) is 0 Å². The maximum absolute atomic E-state index is 6.10. The predicted octanol–water partition coefficient (Wildman–Crippen LogP) is 5.36. The molecule has 0 bridgehead atoms. The first-order valence-electron chi connectivity index (χ1n) is 6.71. The molecule has 0 aliphatic rings. The van der Waals surface area contributed by atoms with Gasteiger partial charge in [-0.2, -0.15) is 0 Å². The lowest BCUT2D eigenvalue weighted by atomic mass is 10.0. The second-order valence-electron chi connectivity index (χ2n) is 5.06. The third-order valence-corrected chi connectivity index (χ3v) is 4.25. The highest BCUT2D eigenvalue weighted by Gasteiger charge is 2.17. The number of fused-ring (bicyclic) bond motifs is 1. The Morgan fingerprint density at radius 2 is 1.86 bits per heavy atom. The molecular weight excluding hydrogens is 305 g/mol. The zero-order chi connectivity index (χ0) is 15.0. The number of hydrogen-bond acceptors (Lipinski definition) is 2. The largest absolute Gasteiger partial charge is 0.459 e. The van der Waals surface area contributed by atoms with Crippen molar-refractivity contribution in [3.05, 3.63) is 69.4 Å². The van der Waals surface area contributed by atoms with E-state index in [1.165, 1.54) is 0 Å². The second kappa shape index (κ2) is 5.72. The van der Waals surface area contributed by atoms with Gasteiger partial charge in [-0.05, 0) is 55.4 Å². The highest BCUT2D eigenvalue weighted by Crippen LogP contribution is 2.31. The molecule has 1 N–H and O–H groups in total. The highest BCUT2D eigenvalue weighted by atomic mass is 35.5. The summed E-state index contributed by atoms with van der Waals surface area (Å²) in [7, 11) is 1.91. The molecule has 0 radical (unpaired) electrons. The molecule has 1 aromatic heterocycles. The van der Waals surface area contributed by atoms with E-state index >= 15 is 0 Å². The van der Waals surface area contributed by atoms with E-state index in [9.17, 15) is 0 Å². The van der Waals surface area contributed by atoms with Crippen molar-refractivity contribution in [3.8, 4) is 0 Å². The first-order chi connectivity index (χ1) is 10.1. The molecule has 1 atom stereocenters. The molecule has 0 amide bonds. The Morgan fingerprint density at radius 1 is 1.05 bits per heavy atom. The summed E-state index contributed by atoms with van der Waals surface area (Å²) in [5.41, 5.74) is 3.00. The molecule has 4 heteroatoms. The Labute approximate surface area is 133 Å². The van der Waals surface area contributed by atoms with Gasteiger partial charge in [-0.1, -0.05) is 35.3 Å². The zero-order valence-corrected chi connectivity index (χ0v) is 13.3. The first kappa shape index (κ1) is 14.5. The molecule has 2 nitrogen and oxygen atoms in total. The molecule has 0 spiro atoms. The minimum Gasteiger partial charge on any atom is -0.459 e.